The maximum absolute atomic E-state index is 15.1. The Morgan fingerprint density at radius 3 is 1.62 bits per heavy atom. The molecule has 0 radical (unpaired) electrons. The van der Waals surface area contributed by atoms with Gasteiger partial charge in [-0.1, -0.05) is 101 Å². The summed E-state index contributed by atoms with van der Waals surface area (Å²) in [5.74, 6) is -6.37. The van der Waals surface area contributed by atoms with Gasteiger partial charge in [-0.2, -0.15) is 13.2 Å². The average molecular weight is 1400 g/mol. The lowest BCUT2D eigenvalue weighted by molar-refractivity contribution is -0.167. The molecular weight excluding hydrogens is 1330 g/mol. The zero-order valence-corrected chi connectivity index (χ0v) is 50.2. The quantitative estimate of drug-likeness (QED) is 0.0623. The van der Waals surface area contributed by atoms with Crippen LogP contribution >= 0.6 is 57.4 Å². The van der Waals surface area contributed by atoms with Gasteiger partial charge in [0.15, 0.2) is 0 Å². The van der Waals surface area contributed by atoms with Crippen LogP contribution in [0.4, 0.5) is 27.6 Å². The lowest BCUT2D eigenvalue weighted by Gasteiger charge is -2.38. The zero-order chi connectivity index (χ0) is 61.8. The van der Waals surface area contributed by atoms with Gasteiger partial charge >= 0.3 is 18.1 Å². The molecule has 0 bridgehead atoms. The second-order valence-electron chi connectivity index (χ2n) is 19.4. The normalized spacial score (nSPS) is 13.4. The van der Waals surface area contributed by atoms with Gasteiger partial charge in [0.25, 0.3) is 22.6 Å². The summed E-state index contributed by atoms with van der Waals surface area (Å²) in [4.78, 5) is 83.7. The minimum absolute atomic E-state index is 0. The number of amides is 1. The predicted molar refractivity (Wildman–Crippen MR) is 346 cm³/mol. The van der Waals surface area contributed by atoms with Crippen molar-refractivity contribution in [2.45, 2.75) is 87.6 Å². The highest BCUT2D eigenvalue weighted by Gasteiger charge is 2.46. The number of hydrogen-bond donors (Lipinski definition) is 3. The first-order chi connectivity index (χ1) is 39.6. The van der Waals surface area contributed by atoms with Crippen molar-refractivity contribution < 1.29 is 50.9 Å². The number of pyridine rings is 5. The van der Waals surface area contributed by atoms with E-state index < -0.39 is 71.6 Å². The maximum Gasteiger partial charge on any atom is 0.411 e. The van der Waals surface area contributed by atoms with Gasteiger partial charge in [-0.3, -0.25) is 33.9 Å². The number of carboxylic acid groups (broad SMARTS) is 1. The topological polar surface area (TPSA) is 223 Å². The molecule has 0 aliphatic carbocycles. The number of carbonyl (C=O) groups excluding carboxylic acids is 2. The van der Waals surface area contributed by atoms with E-state index in [-0.39, 0.29) is 76.5 Å². The second kappa shape index (κ2) is 31.2. The molecule has 17 nitrogen and oxygen atoms in total. The number of benzene rings is 3. The van der Waals surface area contributed by atoms with Gasteiger partial charge in [0.05, 0.1) is 61.1 Å². The van der Waals surface area contributed by atoms with E-state index in [9.17, 15) is 47.0 Å². The number of rotatable bonds is 11. The lowest BCUT2D eigenvalue weighted by atomic mass is 9.95. The van der Waals surface area contributed by atoms with Crippen molar-refractivity contribution in [1.29, 1.82) is 0 Å². The Morgan fingerprint density at radius 1 is 0.739 bits per heavy atom. The molecule has 3 aromatic carbocycles. The number of esters is 1. The largest absolute Gasteiger partial charge is 0.480 e. The molecule has 1 fully saturated rings. The smallest absolute Gasteiger partial charge is 0.411 e. The number of carbonyl (C=O) groups is 3. The summed E-state index contributed by atoms with van der Waals surface area (Å²) in [6.45, 7) is 4.24. The third-order valence-corrected chi connectivity index (χ3v) is 16.4. The minimum Gasteiger partial charge on any atom is -0.480 e. The van der Waals surface area contributed by atoms with Crippen LogP contribution in [0.5, 0.6) is 0 Å². The number of fused-ring (bicyclic) bond motifs is 2. The highest BCUT2D eigenvalue weighted by atomic mass is 127. The third kappa shape index (κ3) is 16.1. The van der Waals surface area contributed by atoms with Crippen molar-refractivity contribution in [3.05, 3.63) is 186 Å². The van der Waals surface area contributed by atoms with Gasteiger partial charge in [0.1, 0.15) is 35.3 Å². The molecule has 1 amide bonds. The Hall–Kier alpha value is -7.29. The first-order valence-electron chi connectivity index (χ1n) is 25.3. The van der Waals surface area contributed by atoms with Crippen LogP contribution in [0.15, 0.2) is 106 Å². The average Bonchev–Trinajstić information content (AvgIpc) is 3.10. The second-order valence-corrected chi connectivity index (χ2v) is 21.7. The molecule has 1 saturated heterocycles. The van der Waals surface area contributed by atoms with Gasteiger partial charge in [-0.15, -0.1) is 0 Å². The Morgan fingerprint density at radius 2 is 1.18 bits per heavy atom. The molecule has 88 heavy (non-hydrogen) atoms. The number of nitrogens with zero attached hydrogens (tertiary/aromatic N) is 6. The van der Waals surface area contributed by atoms with Gasteiger partial charge in [-0.05, 0) is 103 Å². The first-order valence-corrected chi connectivity index (χ1v) is 27.5. The molecule has 1 aliphatic rings. The summed E-state index contributed by atoms with van der Waals surface area (Å²) in [5.41, 5.74) is 9.78. The first kappa shape index (κ1) is 75.0. The van der Waals surface area contributed by atoms with E-state index in [0.717, 1.165) is 27.2 Å². The predicted octanol–water partition coefficient (Wildman–Crippen LogP) is 12.1. The number of carboxylic acids is 1. The summed E-state index contributed by atoms with van der Waals surface area (Å²) in [6, 6.07) is 15.4. The third-order valence-electron chi connectivity index (χ3n) is 14.1. The van der Waals surface area contributed by atoms with Crippen LogP contribution in [0.1, 0.15) is 68.3 Å². The standard InChI is InChI=1S/C31H26ClF5N4O5.C20H20ClN3O3.C7H7ClINO.4CH4/c1-15-10-20(32)25(29(43)40(15)2)19-6-5-16(18-4-3-7-38-27(18)19)11-23(30(44)45)39-28(42)26-21(33)12-17(13-22(26)34)41-8-9-46-14-24(41)31(35,36)37;1-11-9-15(21)17(19(25)24(11)2)14-7-6-12(10-16(22)20(26)27-3)13-5-4-8-23-18(13)14;1-4-3-5(8)6(9)7(11)10(4)2;;;;/h3-7,10,12-13,23-24H,8-9,11,14H2,1-2H3,(H,39,42)(H,44,45);4-9,16H,10,22H2,1-3H3;3H,1-2H3;4*1H4/t23-,24+;16-;;;;;/m00...../s1. The van der Waals surface area contributed by atoms with Gasteiger partial charge in [-0.25, -0.2) is 13.6 Å². The molecule has 474 valence electrons. The highest BCUT2D eigenvalue weighted by molar-refractivity contribution is 14.1. The van der Waals surface area contributed by atoms with Crippen LogP contribution in [0.25, 0.3) is 44.1 Å². The number of nitrogens with two attached hydrogens (primary N) is 1. The maximum atomic E-state index is 15.1. The molecule has 26 heteroatoms. The summed E-state index contributed by atoms with van der Waals surface area (Å²) in [5, 5.41) is 14.4. The Labute approximate surface area is 534 Å². The van der Waals surface area contributed by atoms with Crippen LogP contribution < -0.4 is 32.6 Å². The number of halogens is 9. The molecule has 0 unspecified atom stereocenters. The van der Waals surface area contributed by atoms with E-state index in [2.05, 4.69) is 15.3 Å². The number of hydrogen-bond acceptors (Lipinski definition) is 12. The van der Waals surface area contributed by atoms with Crippen molar-refractivity contribution in [2.75, 3.05) is 31.8 Å². The molecule has 0 spiro atoms. The van der Waals surface area contributed by atoms with E-state index in [4.69, 9.17) is 50.0 Å². The summed E-state index contributed by atoms with van der Waals surface area (Å²) < 4.78 is 85.5. The highest BCUT2D eigenvalue weighted by Crippen LogP contribution is 2.36. The number of anilines is 1. The fourth-order valence-corrected chi connectivity index (χ4v) is 10.7. The fourth-order valence-electron chi connectivity index (χ4n) is 9.28. The number of methoxy groups -OCH3 is 1. The number of nitrogens with one attached hydrogen (secondary N) is 1. The van der Waals surface area contributed by atoms with E-state index in [1.807, 2.05) is 48.6 Å². The van der Waals surface area contributed by atoms with Crippen molar-refractivity contribution in [3.63, 3.8) is 0 Å². The molecule has 3 atom stereocenters. The molecule has 6 heterocycles. The number of alkyl halides is 3. The van der Waals surface area contributed by atoms with Crippen molar-refractivity contribution in [2.24, 2.45) is 26.9 Å². The van der Waals surface area contributed by atoms with E-state index >= 15 is 8.78 Å². The number of aromatic nitrogens is 5. The number of aliphatic carboxylic acids is 1. The van der Waals surface area contributed by atoms with E-state index in [1.54, 1.807) is 91.9 Å². The molecule has 1 aliphatic heterocycles. The number of aryl methyl sites for hydroxylation is 3. The number of ether oxygens (including phenoxy) is 2. The molecule has 5 aromatic heterocycles. The van der Waals surface area contributed by atoms with Crippen molar-refractivity contribution >= 4 is 103 Å². The molecular formula is C62H69Cl3F5IN8O9. The Balaban J connectivity index is 0.000000407. The van der Waals surface area contributed by atoms with Gasteiger partial charge < -0.3 is 44.2 Å². The fraction of sp³-hybridized carbons (Fsp3) is 0.323. The monoisotopic (exact) mass is 1400 g/mol. The van der Waals surface area contributed by atoms with Crippen LogP contribution in [-0.2, 0) is 53.0 Å². The molecule has 0 saturated carbocycles. The summed E-state index contributed by atoms with van der Waals surface area (Å²) in [6.07, 6.45) is -1.68. The van der Waals surface area contributed by atoms with Crippen LogP contribution in [-0.4, -0.2) is 97.8 Å². The van der Waals surface area contributed by atoms with E-state index in [1.165, 1.54) is 23.9 Å². The van der Waals surface area contributed by atoms with Gasteiger partial charge in [0.2, 0.25) is 0 Å². The van der Waals surface area contributed by atoms with Crippen molar-refractivity contribution in [3.8, 4) is 22.3 Å². The minimum atomic E-state index is -4.75. The van der Waals surface area contributed by atoms with Crippen LogP contribution in [0.3, 0.4) is 0 Å². The summed E-state index contributed by atoms with van der Waals surface area (Å²) >= 11 is 20.6. The van der Waals surface area contributed by atoms with Crippen LogP contribution in [0.2, 0.25) is 15.1 Å². The summed E-state index contributed by atoms with van der Waals surface area (Å²) in [7, 11) is 6.33. The van der Waals surface area contributed by atoms with Gasteiger partial charge in [0, 0.05) is 91.2 Å². The lowest BCUT2D eigenvalue weighted by Crippen LogP contribution is -2.53. The molecule has 8 aromatic rings. The van der Waals surface area contributed by atoms with Crippen LogP contribution in [0, 0.1) is 36.0 Å². The molecule has 4 N–H and O–H groups in total. The Kier molecular flexibility index (Phi) is 26.6. The Bertz CT molecular complexity index is 4040. The SMILES string of the molecule is C.C.C.C.COC(=O)[C@@H](N)Cc1ccc(-c2c(Cl)cc(C)n(C)c2=O)c2ncccc12.Cc1cc(Cl)c(-c2ccc(C[C@H](NC(=O)c3c(F)cc(N4CCOC[C@@H]4C(F)(F)F)cc3F)C(=O)O)c3cccnc23)c(=O)n1C.Cc1cc(Cl)c(I)c(=O)n1C. The zero-order valence-electron chi connectivity index (χ0n) is 45.8. The molecule has 9 rings (SSSR count). The number of morpholine rings is 1. The van der Waals surface area contributed by atoms with Crippen molar-refractivity contribution in [1.82, 2.24) is 29.0 Å². The van der Waals surface area contributed by atoms with E-state index in [0.29, 0.717) is 76.5 Å².